The fourth-order valence-corrected chi connectivity index (χ4v) is 2.36. The van der Waals surface area contributed by atoms with Crippen LogP contribution in [-0.2, 0) is 18.3 Å². The normalized spacial score (nSPS) is 12.3. The van der Waals surface area contributed by atoms with Gasteiger partial charge in [0.2, 0.25) is 5.91 Å². The van der Waals surface area contributed by atoms with Crippen LogP contribution in [0.3, 0.4) is 0 Å². The molecule has 0 radical (unpaired) electrons. The van der Waals surface area contributed by atoms with Crippen LogP contribution in [0.25, 0.3) is 0 Å². The van der Waals surface area contributed by atoms with Crippen molar-refractivity contribution >= 4 is 17.2 Å². The lowest BCUT2D eigenvalue weighted by Crippen LogP contribution is -2.34. The van der Waals surface area contributed by atoms with E-state index in [0.717, 1.165) is 16.9 Å². The minimum atomic E-state index is -0.570. The van der Waals surface area contributed by atoms with Crippen molar-refractivity contribution in [1.82, 2.24) is 15.1 Å². The summed E-state index contributed by atoms with van der Waals surface area (Å²) in [7, 11) is 1.87. The van der Waals surface area contributed by atoms with Gasteiger partial charge < -0.3 is 11.1 Å². The zero-order chi connectivity index (χ0) is 13.0. The number of hydrogen-bond donors (Lipinski definition) is 2. The van der Waals surface area contributed by atoms with E-state index in [1.807, 2.05) is 30.8 Å². The van der Waals surface area contributed by atoms with Gasteiger partial charge in [0.15, 0.2) is 0 Å². The number of nitrogens with two attached hydrogens (primary N) is 1. The summed E-state index contributed by atoms with van der Waals surface area (Å²) >= 11 is 1.49. The number of rotatable bonds is 5. The van der Waals surface area contributed by atoms with Crippen molar-refractivity contribution in [2.75, 3.05) is 6.54 Å². The Morgan fingerprint density at radius 1 is 1.67 bits per heavy atom. The van der Waals surface area contributed by atoms with Crippen LogP contribution in [-0.4, -0.2) is 22.2 Å². The highest BCUT2D eigenvalue weighted by Gasteiger charge is 2.15. The molecule has 0 bridgehead atoms. The Hall–Kier alpha value is -1.66. The lowest BCUT2D eigenvalue weighted by Gasteiger charge is -2.09. The van der Waals surface area contributed by atoms with Crippen molar-refractivity contribution < 1.29 is 4.79 Å². The first kappa shape index (κ1) is 12.8. The molecule has 0 spiro atoms. The number of nitrogens with zero attached hydrogens (tertiary/aromatic N) is 2. The second-order valence-electron chi connectivity index (χ2n) is 4.06. The summed E-state index contributed by atoms with van der Waals surface area (Å²) in [5.74, 6) is -0.138. The molecule has 1 amide bonds. The fourth-order valence-electron chi connectivity index (χ4n) is 1.64. The van der Waals surface area contributed by atoms with Crippen LogP contribution in [0.1, 0.15) is 16.5 Å². The first-order valence-corrected chi connectivity index (χ1v) is 6.59. The Kier molecular flexibility index (Phi) is 4.11. The third-order valence-corrected chi connectivity index (χ3v) is 3.56. The highest BCUT2D eigenvalue weighted by molar-refractivity contribution is 7.10. The van der Waals surface area contributed by atoms with Gasteiger partial charge in [0, 0.05) is 24.7 Å². The van der Waals surface area contributed by atoms with Crippen LogP contribution in [0.2, 0.25) is 0 Å². The van der Waals surface area contributed by atoms with Gasteiger partial charge in [-0.1, -0.05) is 6.07 Å². The third kappa shape index (κ3) is 3.18. The van der Waals surface area contributed by atoms with Crippen LogP contribution in [0, 0.1) is 0 Å². The second kappa shape index (κ2) is 5.79. The molecule has 2 rings (SSSR count). The van der Waals surface area contributed by atoms with Crippen molar-refractivity contribution in [3.8, 4) is 0 Å². The summed E-state index contributed by atoms with van der Waals surface area (Å²) in [6.45, 7) is 0.573. The lowest BCUT2D eigenvalue weighted by atomic mass is 10.2. The molecular formula is C12H16N4OS. The number of carbonyl (C=O) groups excluding carboxylic acids is 1. The van der Waals surface area contributed by atoms with Crippen molar-refractivity contribution in [2.45, 2.75) is 12.5 Å². The maximum atomic E-state index is 11.8. The van der Waals surface area contributed by atoms with Crippen molar-refractivity contribution in [2.24, 2.45) is 12.8 Å². The molecule has 18 heavy (non-hydrogen) atoms. The summed E-state index contributed by atoms with van der Waals surface area (Å²) in [5, 5.41) is 8.82. The molecule has 0 saturated heterocycles. The molecule has 2 aromatic rings. The maximum absolute atomic E-state index is 11.8. The van der Waals surface area contributed by atoms with E-state index in [1.165, 1.54) is 11.3 Å². The van der Waals surface area contributed by atoms with Gasteiger partial charge in [-0.2, -0.15) is 5.10 Å². The summed E-state index contributed by atoms with van der Waals surface area (Å²) < 4.78 is 1.74. The molecule has 0 aromatic carbocycles. The van der Waals surface area contributed by atoms with E-state index in [4.69, 9.17) is 5.73 Å². The molecule has 2 heterocycles. The summed E-state index contributed by atoms with van der Waals surface area (Å²) in [6.07, 6.45) is 4.49. The minimum Gasteiger partial charge on any atom is -0.354 e. The third-order valence-electron chi connectivity index (χ3n) is 2.60. The van der Waals surface area contributed by atoms with Gasteiger partial charge in [-0.25, -0.2) is 0 Å². The number of aromatic nitrogens is 2. The van der Waals surface area contributed by atoms with Gasteiger partial charge in [0.1, 0.15) is 6.04 Å². The number of amides is 1. The molecule has 0 aliphatic heterocycles. The SMILES string of the molecule is Cn1cc(CCNC(=O)C(N)c2cccs2)cn1. The topological polar surface area (TPSA) is 72.9 Å². The molecular weight excluding hydrogens is 248 g/mol. The Bertz CT molecular complexity index is 506. The van der Waals surface area contributed by atoms with Gasteiger partial charge in [0.25, 0.3) is 0 Å². The number of thiophene rings is 1. The molecule has 0 saturated carbocycles. The molecule has 0 aliphatic carbocycles. The smallest absolute Gasteiger partial charge is 0.242 e. The summed E-state index contributed by atoms with van der Waals surface area (Å²) in [4.78, 5) is 12.7. The van der Waals surface area contributed by atoms with Gasteiger partial charge in [-0.05, 0) is 23.4 Å². The average Bonchev–Trinajstić information content (AvgIpc) is 2.99. The van der Waals surface area contributed by atoms with Gasteiger partial charge in [0.05, 0.1) is 6.20 Å². The molecule has 96 valence electrons. The average molecular weight is 264 g/mol. The number of aryl methyl sites for hydroxylation is 1. The largest absolute Gasteiger partial charge is 0.354 e. The van der Waals surface area contributed by atoms with Gasteiger partial charge in [-0.3, -0.25) is 9.48 Å². The first-order valence-electron chi connectivity index (χ1n) is 5.71. The predicted octanol–water partition coefficient (Wildman–Crippen LogP) is 0.840. The molecule has 0 fully saturated rings. The standard InChI is InChI=1S/C12H16N4OS/c1-16-8-9(7-15-16)4-5-14-12(17)11(13)10-3-2-6-18-10/h2-3,6-8,11H,4-5,13H2,1H3,(H,14,17). The molecule has 2 aromatic heterocycles. The lowest BCUT2D eigenvalue weighted by molar-refractivity contribution is -0.122. The molecule has 1 atom stereocenters. The first-order chi connectivity index (χ1) is 8.66. The zero-order valence-electron chi connectivity index (χ0n) is 10.2. The zero-order valence-corrected chi connectivity index (χ0v) is 11.0. The summed E-state index contributed by atoms with van der Waals surface area (Å²) in [6, 6.07) is 3.19. The molecule has 0 aliphatic rings. The molecule has 3 N–H and O–H groups in total. The number of carbonyl (C=O) groups is 1. The van der Waals surface area contributed by atoms with Gasteiger partial charge >= 0.3 is 0 Å². The van der Waals surface area contributed by atoms with Gasteiger partial charge in [-0.15, -0.1) is 11.3 Å². The molecule has 1 unspecified atom stereocenters. The van der Waals surface area contributed by atoms with Crippen molar-refractivity contribution in [1.29, 1.82) is 0 Å². The quantitative estimate of drug-likeness (QED) is 0.840. The molecule has 5 nitrogen and oxygen atoms in total. The van der Waals surface area contributed by atoms with E-state index in [1.54, 1.807) is 10.9 Å². The Balaban J connectivity index is 1.78. The monoisotopic (exact) mass is 264 g/mol. The minimum absolute atomic E-state index is 0.138. The van der Waals surface area contributed by atoms with E-state index in [9.17, 15) is 4.79 Å². The van der Waals surface area contributed by atoms with E-state index >= 15 is 0 Å². The van der Waals surface area contributed by atoms with E-state index in [2.05, 4.69) is 10.4 Å². The summed E-state index contributed by atoms with van der Waals surface area (Å²) in [5.41, 5.74) is 6.95. The van der Waals surface area contributed by atoms with Crippen LogP contribution in [0.4, 0.5) is 0 Å². The van der Waals surface area contributed by atoms with Crippen molar-refractivity contribution in [3.05, 3.63) is 40.3 Å². The number of hydrogen-bond acceptors (Lipinski definition) is 4. The Morgan fingerprint density at radius 3 is 3.11 bits per heavy atom. The number of nitrogens with one attached hydrogen (secondary N) is 1. The highest BCUT2D eigenvalue weighted by atomic mass is 32.1. The van der Waals surface area contributed by atoms with Crippen LogP contribution >= 0.6 is 11.3 Å². The van der Waals surface area contributed by atoms with Crippen LogP contribution in [0.5, 0.6) is 0 Å². The Labute approximate surface area is 110 Å². The van der Waals surface area contributed by atoms with Crippen LogP contribution in [0.15, 0.2) is 29.9 Å². The predicted molar refractivity (Wildman–Crippen MR) is 71.2 cm³/mol. The van der Waals surface area contributed by atoms with Crippen LogP contribution < -0.4 is 11.1 Å². The van der Waals surface area contributed by atoms with E-state index < -0.39 is 6.04 Å². The second-order valence-corrected chi connectivity index (χ2v) is 5.04. The fraction of sp³-hybridized carbons (Fsp3) is 0.333. The Morgan fingerprint density at radius 2 is 2.50 bits per heavy atom. The molecule has 6 heteroatoms. The maximum Gasteiger partial charge on any atom is 0.242 e. The van der Waals surface area contributed by atoms with E-state index in [0.29, 0.717) is 6.54 Å². The highest BCUT2D eigenvalue weighted by Crippen LogP contribution is 2.16. The van der Waals surface area contributed by atoms with E-state index in [-0.39, 0.29) is 5.91 Å². The van der Waals surface area contributed by atoms with Crippen molar-refractivity contribution in [3.63, 3.8) is 0 Å².